The molecule has 0 saturated carbocycles. The SMILES string of the molecule is O=C(O)CNCC1Cc2ccccc2CN1. The van der Waals surface area contributed by atoms with Crippen molar-refractivity contribution in [2.45, 2.75) is 19.0 Å². The van der Waals surface area contributed by atoms with E-state index in [9.17, 15) is 4.79 Å². The second kappa shape index (κ2) is 5.09. The van der Waals surface area contributed by atoms with Gasteiger partial charge in [-0.25, -0.2) is 0 Å². The third-order valence-corrected chi connectivity index (χ3v) is 2.83. The molecular formula is C12H16N2O2. The number of aliphatic carboxylic acids is 1. The van der Waals surface area contributed by atoms with Crippen LogP contribution in [0.5, 0.6) is 0 Å². The first-order valence-corrected chi connectivity index (χ1v) is 5.48. The van der Waals surface area contributed by atoms with Crippen molar-refractivity contribution in [2.24, 2.45) is 0 Å². The minimum absolute atomic E-state index is 0.0276. The molecule has 1 aromatic carbocycles. The third-order valence-electron chi connectivity index (χ3n) is 2.83. The molecule has 0 amide bonds. The van der Waals surface area contributed by atoms with E-state index in [1.165, 1.54) is 11.1 Å². The first-order valence-electron chi connectivity index (χ1n) is 5.48. The maximum atomic E-state index is 10.4. The highest BCUT2D eigenvalue weighted by Crippen LogP contribution is 2.15. The summed E-state index contributed by atoms with van der Waals surface area (Å²) >= 11 is 0. The van der Waals surface area contributed by atoms with Crippen LogP contribution in [0.4, 0.5) is 0 Å². The standard InChI is InChI=1S/C12H16N2O2/c15-12(16)8-13-7-11-5-9-3-1-2-4-10(9)6-14-11/h1-4,11,13-14H,5-8H2,(H,15,16). The Morgan fingerprint density at radius 1 is 1.44 bits per heavy atom. The Bertz CT molecular complexity index is 379. The lowest BCUT2D eigenvalue weighted by Crippen LogP contribution is -2.44. The van der Waals surface area contributed by atoms with Crippen molar-refractivity contribution in [1.82, 2.24) is 10.6 Å². The second-order valence-electron chi connectivity index (χ2n) is 4.08. The molecule has 0 bridgehead atoms. The number of hydrogen-bond donors (Lipinski definition) is 3. The first kappa shape index (κ1) is 11.1. The van der Waals surface area contributed by atoms with Gasteiger partial charge in [-0.3, -0.25) is 4.79 Å². The fourth-order valence-electron chi connectivity index (χ4n) is 2.02. The lowest BCUT2D eigenvalue weighted by molar-refractivity contribution is -0.135. The molecule has 86 valence electrons. The molecule has 0 spiro atoms. The van der Waals surface area contributed by atoms with Crippen molar-refractivity contribution in [1.29, 1.82) is 0 Å². The lowest BCUT2D eigenvalue weighted by Gasteiger charge is -2.26. The summed E-state index contributed by atoms with van der Waals surface area (Å²) in [6.07, 6.45) is 0.961. The van der Waals surface area contributed by atoms with Gasteiger partial charge in [-0.15, -0.1) is 0 Å². The van der Waals surface area contributed by atoms with E-state index in [0.717, 1.165) is 13.0 Å². The van der Waals surface area contributed by atoms with Gasteiger partial charge in [0.1, 0.15) is 0 Å². The van der Waals surface area contributed by atoms with E-state index in [-0.39, 0.29) is 6.54 Å². The van der Waals surface area contributed by atoms with Gasteiger partial charge in [0.25, 0.3) is 0 Å². The van der Waals surface area contributed by atoms with E-state index >= 15 is 0 Å². The zero-order chi connectivity index (χ0) is 11.4. The van der Waals surface area contributed by atoms with Crippen LogP contribution in [-0.2, 0) is 17.8 Å². The van der Waals surface area contributed by atoms with Gasteiger partial charge in [0.2, 0.25) is 0 Å². The van der Waals surface area contributed by atoms with E-state index in [1.54, 1.807) is 0 Å². The van der Waals surface area contributed by atoms with Crippen LogP contribution in [0.2, 0.25) is 0 Å². The number of benzene rings is 1. The average molecular weight is 220 g/mol. The number of carboxylic acids is 1. The van der Waals surface area contributed by atoms with Crippen molar-refractivity contribution < 1.29 is 9.90 Å². The third kappa shape index (κ3) is 2.81. The van der Waals surface area contributed by atoms with E-state index in [2.05, 4.69) is 22.8 Å². The molecule has 16 heavy (non-hydrogen) atoms. The molecule has 1 atom stereocenters. The molecule has 0 saturated heterocycles. The maximum absolute atomic E-state index is 10.4. The summed E-state index contributed by atoms with van der Waals surface area (Å²) in [6, 6.07) is 8.69. The second-order valence-corrected chi connectivity index (χ2v) is 4.08. The number of nitrogens with one attached hydrogen (secondary N) is 2. The molecule has 1 heterocycles. The van der Waals surface area contributed by atoms with E-state index in [4.69, 9.17) is 5.11 Å². The Morgan fingerprint density at radius 3 is 2.94 bits per heavy atom. The number of carbonyl (C=O) groups is 1. The summed E-state index contributed by atoms with van der Waals surface area (Å²) in [5.41, 5.74) is 2.71. The smallest absolute Gasteiger partial charge is 0.317 e. The molecule has 0 aromatic heterocycles. The highest BCUT2D eigenvalue weighted by molar-refractivity contribution is 5.68. The number of fused-ring (bicyclic) bond motifs is 1. The zero-order valence-corrected chi connectivity index (χ0v) is 9.07. The largest absolute Gasteiger partial charge is 0.480 e. The summed E-state index contributed by atoms with van der Waals surface area (Å²) in [7, 11) is 0. The van der Waals surface area contributed by atoms with E-state index in [1.807, 2.05) is 12.1 Å². The molecule has 1 unspecified atom stereocenters. The molecule has 1 aliphatic heterocycles. The summed E-state index contributed by atoms with van der Waals surface area (Å²) in [4.78, 5) is 10.4. The molecule has 0 radical (unpaired) electrons. The van der Waals surface area contributed by atoms with Gasteiger partial charge in [0, 0.05) is 19.1 Å². The van der Waals surface area contributed by atoms with E-state index in [0.29, 0.717) is 12.6 Å². The summed E-state index contributed by atoms with van der Waals surface area (Å²) in [6.45, 7) is 1.59. The fraction of sp³-hybridized carbons (Fsp3) is 0.417. The summed E-state index contributed by atoms with van der Waals surface area (Å²) in [5, 5.41) is 14.8. The fourth-order valence-corrected chi connectivity index (χ4v) is 2.02. The Balaban J connectivity index is 1.86. The Morgan fingerprint density at radius 2 is 2.19 bits per heavy atom. The molecule has 2 rings (SSSR count). The molecule has 0 aliphatic carbocycles. The predicted molar refractivity (Wildman–Crippen MR) is 61.3 cm³/mol. The molecule has 0 fully saturated rings. The molecule has 4 heteroatoms. The van der Waals surface area contributed by atoms with Crippen LogP contribution in [0.25, 0.3) is 0 Å². The van der Waals surface area contributed by atoms with Crippen LogP contribution in [-0.4, -0.2) is 30.2 Å². The van der Waals surface area contributed by atoms with Gasteiger partial charge in [-0.2, -0.15) is 0 Å². The molecule has 4 nitrogen and oxygen atoms in total. The topological polar surface area (TPSA) is 61.4 Å². The number of carboxylic acid groups (broad SMARTS) is 1. The minimum atomic E-state index is -0.809. The van der Waals surface area contributed by atoms with Crippen LogP contribution in [0.3, 0.4) is 0 Å². The van der Waals surface area contributed by atoms with Crippen LogP contribution >= 0.6 is 0 Å². The van der Waals surface area contributed by atoms with Gasteiger partial charge in [-0.1, -0.05) is 24.3 Å². The molecular weight excluding hydrogens is 204 g/mol. The van der Waals surface area contributed by atoms with Crippen LogP contribution < -0.4 is 10.6 Å². The maximum Gasteiger partial charge on any atom is 0.317 e. The van der Waals surface area contributed by atoms with Crippen LogP contribution in [0.1, 0.15) is 11.1 Å². The van der Waals surface area contributed by atoms with Gasteiger partial charge in [0.05, 0.1) is 6.54 Å². The monoisotopic (exact) mass is 220 g/mol. The highest BCUT2D eigenvalue weighted by atomic mass is 16.4. The lowest BCUT2D eigenvalue weighted by atomic mass is 9.96. The number of hydrogen-bond acceptors (Lipinski definition) is 3. The summed E-state index contributed by atoms with van der Waals surface area (Å²) < 4.78 is 0. The Labute approximate surface area is 94.7 Å². The summed E-state index contributed by atoms with van der Waals surface area (Å²) in [5.74, 6) is -0.809. The zero-order valence-electron chi connectivity index (χ0n) is 9.07. The van der Waals surface area contributed by atoms with Crippen molar-refractivity contribution in [3.63, 3.8) is 0 Å². The first-order chi connectivity index (χ1) is 7.75. The van der Waals surface area contributed by atoms with Crippen LogP contribution in [0, 0.1) is 0 Å². The Kier molecular flexibility index (Phi) is 3.54. The minimum Gasteiger partial charge on any atom is -0.480 e. The number of rotatable bonds is 4. The van der Waals surface area contributed by atoms with E-state index < -0.39 is 5.97 Å². The van der Waals surface area contributed by atoms with Gasteiger partial charge in [0.15, 0.2) is 0 Å². The molecule has 3 N–H and O–H groups in total. The molecule has 1 aliphatic rings. The van der Waals surface area contributed by atoms with Gasteiger partial charge >= 0.3 is 5.97 Å². The highest BCUT2D eigenvalue weighted by Gasteiger charge is 2.16. The average Bonchev–Trinajstić information content (AvgIpc) is 2.28. The predicted octanol–water partition coefficient (Wildman–Crippen LogP) is 0.375. The van der Waals surface area contributed by atoms with Crippen molar-refractivity contribution in [2.75, 3.05) is 13.1 Å². The van der Waals surface area contributed by atoms with Gasteiger partial charge in [-0.05, 0) is 17.5 Å². The van der Waals surface area contributed by atoms with Gasteiger partial charge < -0.3 is 15.7 Å². The quantitative estimate of drug-likeness (QED) is 0.686. The normalized spacial score (nSPS) is 19.1. The molecule has 1 aromatic rings. The van der Waals surface area contributed by atoms with Crippen molar-refractivity contribution >= 4 is 5.97 Å². The van der Waals surface area contributed by atoms with Crippen molar-refractivity contribution in [3.8, 4) is 0 Å². The Hall–Kier alpha value is -1.39. The van der Waals surface area contributed by atoms with Crippen LogP contribution in [0.15, 0.2) is 24.3 Å². The van der Waals surface area contributed by atoms with Crippen molar-refractivity contribution in [3.05, 3.63) is 35.4 Å².